The second kappa shape index (κ2) is 4.15. The first-order chi connectivity index (χ1) is 8.74. The first kappa shape index (κ1) is 10.8. The fourth-order valence-corrected chi connectivity index (χ4v) is 1.73. The van der Waals surface area contributed by atoms with Crippen molar-refractivity contribution >= 4 is 17.6 Å². The van der Waals surface area contributed by atoms with E-state index in [-0.39, 0.29) is 23.5 Å². The van der Waals surface area contributed by atoms with Gasteiger partial charge in [0, 0.05) is 25.2 Å². The summed E-state index contributed by atoms with van der Waals surface area (Å²) >= 11 is 0. The molecule has 4 N–H and O–H groups in total. The molecular formula is C10H12N6O2. The van der Waals surface area contributed by atoms with Crippen molar-refractivity contribution < 1.29 is 9.32 Å². The Morgan fingerprint density at radius 2 is 2.44 bits per heavy atom. The molecule has 1 saturated heterocycles. The van der Waals surface area contributed by atoms with Crippen molar-refractivity contribution in [3.63, 3.8) is 0 Å². The summed E-state index contributed by atoms with van der Waals surface area (Å²) in [7, 11) is 0. The molecular weight excluding hydrogens is 236 g/mol. The summed E-state index contributed by atoms with van der Waals surface area (Å²) in [6.45, 7) is 1.70. The van der Waals surface area contributed by atoms with Gasteiger partial charge >= 0.3 is 0 Å². The maximum absolute atomic E-state index is 11.9. The number of carbonyl (C=O) groups excluding carboxylic acids is 1. The van der Waals surface area contributed by atoms with E-state index in [2.05, 4.69) is 25.4 Å². The molecule has 0 radical (unpaired) electrons. The molecule has 8 nitrogen and oxygen atoms in total. The minimum Gasteiger partial charge on any atom is -0.368 e. The van der Waals surface area contributed by atoms with Crippen LogP contribution in [0.15, 0.2) is 22.9 Å². The van der Waals surface area contributed by atoms with Gasteiger partial charge in [0.15, 0.2) is 5.69 Å². The SMILES string of the molecule is Nc1cc(C(=O)Nc2ccnn2C2CNC2)no1. The lowest BCUT2D eigenvalue weighted by atomic mass is 10.2. The topological polar surface area (TPSA) is 111 Å². The molecule has 94 valence electrons. The van der Waals surface area contributed by atoms with Crippen LogP contribution in [0.4, 0.5) is 11.7 Å². The highest BCUT2D eigenvalue weighted by molar-refractivity contribution is 6.02. The summed E-state index contributed by atoms with van der Waals surface area (Å²) in [5, 5.41) is 13.6. The van der Waals surface area contributed by atoms with E-state index < -0.39 is 0 Å². The van der Waals surface area contributed by atoms with Crippen LogP contribution >= 0.6 is 0 Å². The molecule has 18 heavy (non-hydrogen) atoms. The van der Waals surface area contributed by atoms with Crippen molar-refractivity contribution in [2.24, 2.45) is 0 Å². The van der Waals surface area contributed by atoms with Gasteiger partial charge in [-0.05, 0) is 0 Å². The van der Waals surface area contributed by atoms with E-state index in [1.165, 1.54) is 6.07 Å². The Hall–Kier alpha value is -2.35. The first-order valence-corrected chi connectivity index (χ1v) is 5.52. The smallest absolute Gasteiger partial charge is 0.279 e. The van der Waals surface area contributed by atoms with Crippen LogP contribution in [0.5, 0.6) is 0 Å². The highest BCUT2D eigenvalue weighted by atomic mass is 16.5. The highest BCUT2D eigenvalue weighted by Crippen LogP contribution is 2.18. The van der Waals surface area contributed by atoms with Crippen molar-refractivity contribution in [2.45, 2.75) is 6.04 Å². The summed E-state index contributed by atoms with van der Waals surface area (Å²) < 4.78 is 6.43. The van der Waals surface area contributed by atoms with Crippen molar-refractivity contribution in [1.82, 2.24) is 20.3 Å². The number of hydrogen-bond donors (Lipinski definition) is 3. The minimum atomic E-state index is -0.371. The van der Waals surface area contributed by atoms with Gasteiger partial charge < -0.3 is 20.9 Å². The molecule has 0 aliphatic carbocycles. The van der Waals surface area contributed by atoms with Gasteiger partial charge in [-0.25, -0.2) is 4.68 Å². The largest absolute Gasteiger partial charge is 0.368 e. The summed E-state index contributed by atoms with van der Waals surface area (Å²) in [6, 6.07) is 3.39. The van der Waals surface area contributed by atoms with E-state index in [9.17, 15) is 4.79 Å². The van der Waals surface area contributed by atoms with Gasteiger partial charge in [-0.15, -0.1) is 0 Å². The molecule has 0 bridgehead atoms. The summed E-state index contributed by atoms with van der Waals surface area (Å²) in [5.41, 5.74) is 5.51. The van der Waals surface area contributed by atoms with Crippen molar-refractivity contribution in [3.8, 4) is 0 Å². The normalized spacial score (nSPS) is 15.3. The van der Waals surface area contributed by atoms with E-state index in [0.29, 0.717) is 5.82 Å². The van der Waals surface area contributed by atoms with Crippen LogP contribution in [0, 0.1) is 0 Å². The predicted octanol–water partition coefficient (Wildman–Crippen LogP) is -0.150. The molecule has 2 aromatic heterocycles. The van der Waals surface area contributed by atoms with Crippen LogP contribution in [0.2, 0.25) is 0 Å². The molecule has 1 aliphatic rings. The summed E-state index contributed by atoms with van der Waals surface area (Å²) in [6.07, 6.45) is 1.64. The van der Waals surface area contributed by atoms with Gasteiger partial charge in [0.05, 0.1) is 12.2 Å². The quantitative estimate of drug-likeness (QED) is 0.696. The molecule has 0 atom stereocenters. The fraction of sp³-hybridized carbons (Fsp3) is 0.300. The Kier molecular flexibility index (Phi) is 2.49. The van der Waals surface area contributed by atoms with Crippen molar-refractivity contribution in [3.05, 3.63) is 24.0 Å². The zero-order valence-corrected chi connectivity index (χ0v) is 9.46. The first-order valence-electron chi connectivity index (χ1n) is 5.52. The number of amides is 1. The molecule has 0 unspecified atom stereocenters. The molecule has 2 aromatic rings. The van der Waals surface area contributed by atoms with E-state index in [1.807, 2.05) is 0 Å². The van der Waals surface area contributed by atoms with E-state index >= 15 is 0 Å². The van der Waals surface area contributed by atoms with Crippen LogP contribution in [-0.2, 0) is 0 Å². The van der Waals surface area contributed by atoms with Crippen LogP contribution < -0.4 is 16.4 Å². The Morgan fingerprint density at radius 3 is 3.06 bits per heavy atom. The molecule has 3 rings (SSSR count). The number of aromatic nitrogens is 3. The third-order valence-electron chi connectivity index (χ3n) is 2.78. The average molecular weight is 248 g/mol. The van der Waals surface area contributed by atoms with Crippen molar-refractivity contribution in [2.75, 3.05) is 24.1 Å². The van der Waals surface area contributed by atoms with Gasteiger partial charge in [0.25, 0.3) is 5.91 Å². The predicted molar refractivity (Wildman–Crippen MR) is 63.0 cm³/mol. The second-order valence-corrected chi connectivity index (χ2v) is 4.04. The lowest BCUT2D eigenvalue weighted by molar-refractivity contribution is 0.101. The maximum atomic E-state index is 11.9. The summed E-state index contributed by atoms with van der Waals surface area (Å²) in [4.78, 5) is 11.9. The zero-order valence-electron chi connectivity index (χ0n) is 9.46. The molecule has 0 spiro atoms. The van der Waals surface area contributed by atoms with E-state index in [4.69, 9.17) is 5.73 Å². The average Bonchev–Trinajstić information content (AvgIpc) is 2.86. The van der Waals surface area contributed by atoms with Crippen LogP contribution in [0.1, 0.15) is 16.5 Å². The maximum Gasteiger partial charge on any atom is 0.279 e. The Labute approximate surface area is 102 Å². The van der Waals surface area contributed by atoms with Gasteiger partial charge in [-0.3, -0.25) is 4.79 Å². The fourth-order valence-electron chi connectivity index (χ4n) is 1.73. The van der Waals surface area contributed by atoms with Crippen LogP contribution in [0.25, 0.3) is 0 Å². The number of nitrogens with one attached hydrogen (secondary N) is 2. The lowest BCUT2D eigenvalue weighted by Gasteiger charge is -2.28. The monoisotopic (exact) mass is 248 g/mol. The lowest BCUT2D eigenvalue weighted by Crippen LogP contribution is -2.44. The van der Waals surface area contributed by atoms with Crippen LogP contribution in [-0.4, -0.2) is 33.9 Å². The molecule has 3 heterocycles. The molecule has 8 heteroatoms. The third-order valence-corrected chi connectivity index (χ3v) is 2.78. The van der Waals surface area contributed by atoms with E-state index in [1.54, 1.807) is 16.9 Å². The van der Waals surface area contributed by atoms with E-state index in [0.717, 1.165) is 13.1 Å². The Balaban J connectivity index is 1.76. The Bertz CT molecular complexity index is 570. The second-order valence-electron chi connectivity index (χ2n) is 4.04. The number of nitrogens with zero attached hydrogens (tertiary/aromatic N) is 3. The van der Waals surface area contributed by atoms with Crippen molar-refractivity contribution in [1.29, 1.82) is 0 Å². The standard InChI is InChI=1S/C10H12N6O2/c11-8-3-7(15-18-8)10(17)14-9-1-2-13-16(9)6-4-12-5-6/h1-3,6,12H,4-5,11H2,(H,14,17). The van der Waals surface area contributed by atoms with Gasteiger partial charge in [0.2, 0.25) is 5.88 Å². The number of nitrogens with two attached hydrogens (primary N) is 1. The zero-order chi connectivity index (χ0) is 12.5. The summed E-state index contributed by atoms with van der Waals surface area (Å²) in [5.74, 6) is 0.370. The molecule has 1 amide bonds. The number of carbonyl (C=O) groups is 1. The number of nitrogen functional groups attached to an aromatic ring is 1. The van der Waals surface area contributed by atoms with Gasteiger partial charge in [-0.2, -0.15) is 5.10 Å². The molecule has 0 aromatic carbocycles. The molecule has 1 aliphatic heterocycles. The Morgan fingerprint density at radius 1 is 1.61 bits per heavy atom. The number of rotatable bonds is 3. The molecule has 1 fully saturated rings. The minimum absolute atomic E-state index is 0.108. The number of hydrogen-bond acceptors (Lipinski definition) is 6. The molecule has 0 saturated carbocycles. The van der Waals surface area contributed by atoms with Gasteiger partial charge in [0.1, 0.15) is 5.82 Å². The number of anilines is 2. The van der Waals surface area contributed by atoms with Gasteiger partial charge in [-0.1, -0.05) is 5.16 Å². The highest BCUT2D eigenvalue weighted by Gasteiger charge is 2.23. The van der Waals surface area contributed by atoms with Crippen LogP contribution in [0.3, 0.4) is 0 Å². The third kappa shape index (κ3) is 1.82.